The Morgan fingerprint density at radius 2 is 2.09 bits per heavy atom. The van der Waals surface area contributed by atoms with E-state index in [1.54, 1.807) is 12.1 Å². The molecule has 0 aliphatic carbocycles. The smallest absolute Gasteiger partial charge is 0.251 e. The SMILES string of the molecule is CCNC(=O)Cc1cc(=O)[nH]c(SCc2ccc(F)cc2)n1. The molecule has 2 rings (SSSR count). The number of carbonyl (C=O) groups excluding carboxylic acids is 1. The molecule has 0 saturated heterocycles. The number of hydrogen-bond donors (Lipinski definition) is 2. The van der Waals surface area contributed by atoms with Crippen LogP contribution in [0.2, 0.25) is 0 Å². The maximum Gasteiger partial charge on any atom is 0.251 e. The Balaban J connectivity index is 2.04. The van der Waals surface area contributed by atoms with E-state index in [0.717, 1.165) is 5.56 Å². The van der Waals surface area contributed by atoms with Crippen molar-refractivity contribution in [3.8, 4) is 0 Å². The molecule has 0 atom stereocenters. The minimum Gasteiger partial charge on any atom is -0.356 e. The molecule has 5 nitrogen and oxygen atoms in total. The Hall–Kier alpha value is -2.15. The van der Waals surface area contributed by atoms with Crippen LogP contribution >= 0.6 is 11.8 Å². The zero-order valence-corrected chi connectivity index (χ0v) is 12.9. The van der Waals surface area contributed by atoms with Crippen molar-refractivity contribution in [2.75, 3.05) is 6.54 Å². The van der Waals surface area contributed by atoms with Gasteiger partial charge in [-0.3, -0.25) is 9.59 Å². The van der Waals surface area contributed by atoms with Crippen LogP contribution in [-0.4, -0.2) is 22.4 Å². The fourth-order valence-electron chi connectivity index (χ4n) is 1.80. The molecule has 0 unspecified atom stereocenters. The number of carbonyl (C=O) groups is 1. The Labute approximate surface area is 131 Å². The minimum absolute atomic E-state index is 0.0713. The predicted molar refractivity (Wildman–Crippen MR) is 83.2 cm³/mol. The maximum atomic E-state index is 12.8. The molecule has 22 heavy (non-hydrogen) atoms. The maximum absolute atomic E-state index is 12.8. The van der Waals surface area contributed by atoms with Crippen LogP contribution in [0.4, 0.5) is 4.39 Å². The second-order valence-electron chi connectivity index (χ2n) is 4.59. The van der Waals surface area contributed by atoms with Crippen LogP contribution in [-0.2, 0) is 17.0 Å². The lowest BCUT2D eigenvalue weighted by atomic mass is 10.2. The summed E-state index contributed by atoms with van der Waals surface area (Å²) in [6.07, 6.45) is 0.0713. The van der Waals surface area contributed by atoms with Crippen molar-refractivity contribution in [3.63, 3.8) is 0 Å². The van der Waals surface area contributed by atoms with Crippen LogP contribution in [0.25, 0.3) is 0 Å². The van der Waals surface area contributed by atoms with Crippen molar-refractivity contribution in [1.29, 1.82) is 0 Å². The largest absolute Gasteiger partial charge is 0.356 e. The van der Waals surface area contributed by atoms with Crippen LogP contribution < -0.4 is 10.9 Å². The average Bonchev–Trinajstić information content (AvgIpc) is 2.46. The molecule has 0 fully saturated rings. The number of aromatic amines is 1. The number of amides is 1. The minimum atomic E-state index is -0.295. The summed E-state index contributed by atoms with van der Waals surface area (Å²) in [6.45, 7) is 2.36. The summed E-state index contributed by atoms with van der Waals surface area (Å²) in [4.78, 5) is 30.0. The highest BCUT2D eigenvalue weighted by molar-refractivity contribution is 7.98. The number of aromatic nitrogens is 2. The molecule has 0 aliphatic rings. The first-order valence-electron chi connectivity index (χ1n) is 6.81. The van der Waals surface area contributed by atoms with Gasteiger partial charge in [0, 0.05) is 18.4 Å². The molecule has 0 saturated carbocycles. The van der Waals surface area contributed by atoms with E-state index in [4.69, 9.17) is 0 Å². The highest BCUT2D eigenvalue weighted by Gasteiger charge is 2.07. The molecule has 0 spiro atoms. The number of nitrogens with zero attached hydrogens (tertiary/aromatic N) is 1. The van der Waals surface area contributed by atoms with Crippen molar-refractivity contribution >= 4 is 17.7 Å². The molecule has 7 heteroatoms. The highest BCUT2D eigenvalue weighted by Crippen LogP contribution is 2.18. The second-order valence-corrected chi connectivity index (χ2v) is 5.55. The summed E-state index contributed by atoms with van der Waals surface area (Å²) in [5.41, 5.74) is 1.05. The number of H-pyrrole nitrogens is 1. The van der Waals surface area contributed by atoms with Gasteiger partial charge >= 0.3 is 0 Å². The number of halogens is 1. The molecule has 2 aromatic rings. The van der Waals surface area contributed by atoms with Gasteiger partial charge in [-0.1, -0.05) is 23.9 Å². The van der Waals surface area contributed by atoms with Gasteiger partial charge in [0.15, 0.2) is 5.16 Å². The first kappa shape index (κ1) is 16.2. The molecular formula is C15H16FN3O2S. The Kier molecular flexibility index (Phi) is 5.71. The van der Waals surface area contributed by atoms with Gasteiger partial charge in [0.25, 0.3) is 5.56 Å². The molecule has 2 N–H and O–H groups in total. The van der Waals surface area contributed by atoms with Gasteiger partial charge in [-0.15, -0.1) is 0 Å². The highest BCUT2D eigenvalue weighted by atomic mass is 32.2. The molecule has 1 heterocycles. The van der Waals surface area contributed by atoms with E-state index < -0.39 is 0 Å². The van der Waals surface area contributed by atoms with Crippen molar-refractivity contribution in [1.82, 2.24) is 15.3 Å². The third-order valence-electron chi connectivity index (χ3n) is 2.78. The molecular weight excluding hydrogens is 305 g/mol. The van der Waals surface area contributed by atoms with Crippen molar-refractivity contribution in [3.05, 3.63) is 57.8 Å². The van der Waals surface area contributed by atoms with E-state index >= 15 is 0 Å². The van der Waals surface area contributed by atoms with Gasteiger partial charge in [-0.25, -0.2) is 9.37 Å². The van der Waals surface area contributed by atoms with Crippen molar-refractivity contribution in [2.45, 2.75) is 24.3 Å². The third kappa shape index (κ3) is 5.00. The van der Waals surface area contributed by atoms with Gasteiger partial charge in [-0.05, 0) is 24.6 Å². The van der Waals surface area contributed by atoms with Crippen LogP contribution in [0.3, 0.4) is 0 Å². The fraction of sp³-hybridized carbons (Fsp3) is 0.267. The van der Waals surface area contributed by atoms with Gasteiger partial charge < -0.3 is 10.3 Å². The molecule has 0 radical (unpaired) electrons. The van der Waals surface area contributed by atoms with E-state index in [1.807, 2.05) is 6.92 Å². The number of likely N-dealkylation sites (N-methyl/N-ethyl adjacent to an activating group) is 1. The van der Waals surface area contributed by atoms with Crippen LogP contribution in [0.15, 0.2) is 40.3 Å². The van der Waals surface area contributed by atoms with E-state index in [1.165, 1.54) is 30.0 Å². The van der Waals surface area contributed by atoms with Gasteiger partial charge in [0.1, 0.15) is 5.82 Å². The van der Waals surface area contributed by atoms with Gasteiger partial charge in [0.2, 0.25) is 5.91 Å². The molecule has 116 valence electrons. The zero-order valence-electron chi connectivity index (χ0n) is 12.1. The number of thioether (sulfide) groups is 1. The predicted octanol–water partition coefficient (Wildman–Crippen LogP) is 1.88. The summed E-state index contributed by atoms with van der Waals surface area (Å²) in [5.74, 6) is 0.0905. The van der Waals surface area contributed by atoms with Crippen LogP contribution in [0.1, 0.15) is 18.2 Å². The summed E-state index contributed by atoms with van der Waals surface area (Å²) in [5, 5.41) is 3.10. The van der Waals surface area contributed by atoms with Crippen molar-refractivity contribution < 1.29 is 9.18 Å². The first-order chi connectivity index (χ1) is 10.6. The summed E-state index contributed by atoms with van der Waals surface area (Å²) >= 11 is 1.33. The van der Waals surface area contributed by atoms with E-state index in [0.29, 0.717) is 23.1 Å². The lowest BCUT2D eigenvalue weighted by Crippen LogP contribution is -2.25. The number of benzene rings is 1. The fourth-order valence-corrected chi connectivity index (χ4v) is 2.65. The van der Waals surface area contributed by atoms with E-state index in [9.17, 15) is 14.0 Å². The summed E-state index contributed by atoms with van der Waals surface area (Å²) < 4.78 is 12.8. The number of nitrogens with one attached hydrogen (secondary N) is 2. The lowest BCUT2D eigenvalue weighted by molar-refractivity contribution is -0.120. The second kappa shape index (κ2) is 7.74. The quantitative estimate of drug-likeness (QED) is 0.629. The Morgan fingerprint density at radius 1 is 1.36 bits per heavy atom. The van der Waals surface area contributed by atoms with E-state index in [-0.39, 0.29) is 23.7 Å². The van der Waals surface area contributed by atoms with Gasteiger partial charge in [0.05, 0.1) is 12.1 Å². The molecule has 0 aliphatic heterocycles. The molecule has 1 amide bonds. The zero-order chi connectivity index (χ0) is 15.9. The molecule has 0 bridgehead atoms. The Morgan fingerprint density at radius 3 is 2.77 bits per heavy atom. The molecule has 1 aromatic heterocycles. The number of rotatable bonds is 6. The molecule has 1 aromatic carbocycles. The van der Waals surface area contributed by atoms with Gasteiger partial charge in [-0.2, -0.15) is 0 Å². The summed E-state index contributed by atoms with van der Waals surface area (Å²) in [7, 11) is 0. The van der Waals surface area contributed by atoms with E-state index in [2.05, 4.69) is 15.3 Å². The lowest BCUT2D eigenvalue weighted by Gasteiger charge is -2.05. The summed E-state index contributed by atoms with van der Waals surface area (Å²) in [6, 6.07) is 7.45. The standard InChI is InChI=1S/C15H16FN3O2S/c1-2-17-13(20)7-12-8-14(21)19-15(18-12)22-9-10-3-5-11(16)6-4-10/h3-6,8H,2,7,9H2,1H3,(H,17,20)(H,18,19,21). The topological polar surface area (TPSA) is 74.8 Å². The number of hydrogen-bond acceptors (Lipinski definition) is 4. The third-order valence-corrected chi connectivity index (χ3v) is 3.72. The van der Waals surface area contributed by atoms with Crippen molar-refractivity contribution in [2.24, 2.45) is 0 Å². The van der Waals surface area contributed by atoms with Crippen LogP contribution in [0, 0.1) is 5.82 Å². The van der Waals surface area contributed by atoms with Crippen LogP contribution in [0.5, 0.6) is 0 Å². The monoisotopic (exact) mass is 321 g/mol. The Bertz CT molecular complexity index is 701. The normalized spacial score (nSPS) is 10.5. The first-order valence-corrected chi connectivity index (χ1v) is 7.79. The average molecular weight is 321 g/mol.